The van der Waals surface area contributed by atoms with E-state index in [1.165, 1.54) is 6.92 Å². The first-order chi connectivity index (χ1) is 7.01. The Balaban J connectivity index is 4.03. The molecule has 15 heavy (non-hydrogen) atoms. The summed E-state index contributed by atoms with van der Waals surface area (Å²) in [5.41, 5.74) is 0. The molecule has 2 atom stereocenters. The molecule has 2 unspecified atom stereocenters. The van der Waals surface area contributed by atoms with E-state index in [0.29, 0.717) is 13.0 Å². The molecule has 0 radical (unpaired) electrons. The van der Waals surface area contributed by atoms with Gasteiger partial charge in [0.2, 0.25) is 0 Å². The predicted octanol–water partition coefficient (Wildman–Crippen LogP) is 1.92. The van der Waals surface area contributed by atoms with Crippen LogP contribution < -0.4 is 0 Å². The van der Waals surface area contributed by atoms with E-state index in [-0.39, 0.29) is 24.0 Å². The molecule has 0 aromatic rings. The highest BCUT2D eigenvalue weighted by atomic mass is 16.6. The molecule has 0 rings (SSSR count). The van der Waals surface area contributed by atoms with Crippen molar-refractivity contribution in [2.75, 3.05) is 6.61 Å². The van der Waals surface area contributed by atoms with Gasteiger partial charge in [0, 0.05) is 19.3 Å². The van der Waals surface area contributed by atoms with Gasteiger partial charge >= 0.3 is 11.9 Å². The maximum Gasteiger partial charge on any atom is 0.305 e. The molecule has 88 valence electrons. The van der Waals surface area contributed by atoms with Gasteiger partial charge < -0.3 is 9.47 Å². The lowest BCUT2D eigenvalue weighted by Gasteiger charge is -2.22. The number of rotatable bonds is 6. The van der Waals surface area contributed by atoms with Gasteiger partial charge in [-0.2, -0.15) is 0 Å². The second-order valence-electron chi connectivity index (χ2n) is 3.57. The number of carbonyl (C=O) groups is 2. The second-order valence-corrected chi connectivity index (χ2v) is 3.57. The zero-order valence-corrected chi connectivity index (χ0v) is 9.91. The minimum Gasteiger partial charge on any atom is -0.465 e. The van der Waals surface area contributed by atoms with Gasteiger partial charge in [0.15, 0.2) is 0 Å². The van der Waals surface area contributed by atoms with E-state index in [2.05, 4.69) is 0 Å². The third kappa shape index (κ3) is 6.10. The summed E-state index contributed by atoms with van der Waals surface area (Å²) < 4.78 is 10.1. The Labute approximate surface area is 90.9 Å². The molecule has 0 amide bonds. The molecule has 4 nitrogen and oxygen atoms in total. The highest BCUT2D eigenvalue weighted by molar-refractivity contribution is 5.69. The summed E-state index contributed by atoms with van der Waals surface area (Å²) in [5.74, 6) is -0.482. The molecule has 0 fully saturated rings. The maximum atomic E-state index is 11.1. The first-order valence-corrected chi connectivity index (χ1v) is 5.34. The predicted molar refractivity (Wildman–Crippen MR) is 56.3 cm³/mol. The van der Waals surface area contributed by atoms with Crippen LogP contribution in [0.15, 0.2) is 0 Å². The SMILES string of the molecule is CCC(=O)OC(CC)C(C)COC(C)=O. The topological polar surface area (TPSA) is 52.6 Å². The summed E-state index contributed by atoms with van der Waals surface area (Å²) in [6.07, 6.45) is 0.933. The van der Waals surface area contributed by atoms with Crippen LogP contribution in [0.1, 0.15) is 40.5 Å². The molecule has 0 saturated carbocycles. The summed E-state index contributed by atoms with van der Waals surface area (Å²) in [6.45, 7) is 7.26. The van der Waals surface area contributed by atoms with Crippen LogP contribution in [-0.2, 0) is 19.1 Å². The minimum atomic E-state index is -0.307. The third-order valence-corrected chi connectivity index (χ3v) is 2.16. The Bertz CT molecular complexity index is 213. The molecule has 0 aliphatic carbocycles. The number of ether oxygens (including phenoxy) is 2. The van der Waals surface area contributed by atoms with Gasteiger partial charge in [-0.3, -0.25) is 9.59 Å². The van der Waals surface area contributed by atoms with Crippen molar-refractivity contribution in [2.24, 2.45) is 5.92 Å². The van der Waals surface area contributed by atoms with Crippen LogP contribution in [0.2, 0.25) is 0 Å². The fraction of sp³-hybridized carbons (Fsp3) is 0.818. The van der Waals surface area contributed by atoms with Gasteiger partial charge in [0.1, 0.15) is 6.10 Å². The van der Waals surface area contributed by atoms with Crippen molar-refractivity contribution in [3.8, 4) is 0 Å². The van der Waals surface area contributed by atoms with Crippen LogP contribution in [0.5, 0.6) is 0 Å². The molecular formula is C11H20O4. The highest BCUT2D eigenvalue weighted by Gasteiger charge is 2.20. The summed E-state index contributed by atoms with van der Waals surface area (Å²) >= 11 is 0. The van der Waals surface area contributed by atoms with E-state index in [0.717, 1.165) is 6.42 Å². The first-order valence-electron chi connectivity index (χ1n) is 5.34. The van der Waals surface area contributed by atoms with E-state index >= 15 is 0 Å². The van der Waals surface area contributed by atoms with Crippen LogP contribution in [0, 0.1) is 5.92 Å². The van der Waals surface area contributed by atoms with Crippen molar-refractivity contribution < 1.29 is 19.1 Å². The fourth-order valence-electron chi connectivity index (χ4n) is 1.21. The highest BCUT2D eigenvalue weighted by Crippen LogP contribution is 2.12. The normalized spacial score (nSPS) is 14.1. The molecule has 0 aliphatic rings. The van der Waals surface area contributed by atoms with E-state index in [9.17, 15) is 9.59 Å². The minimum absolute atomic E-state index is 0.0365. The lowest BCUT2D eigenvalue weighted by Crippen LogP contribution is -2.28. The first kappa shape index (κ1) is 13.9. The number of carbonyl (C=O) groups excluding carboxylic acids is 2. The van der Waals surface area contributed by atoms with Crippen molar-refractivity contribution >= 4 is 11.9 Å². The van der Waals surface area contributed by atoms with Crippen LogP contribution in [0.3, 0.4) is 0 Å². The zero-order valence-electron chi connectivity index (χ0n) is 9.91. The molecule has 0 aromatic heterocycles. The monoisotopic (exact) mass is 216 g/mol. The summed E-state index contributed by atoms with van der Waals surface area (Å²) in [4.78, 5) is 21.7. The van der Waals surface area contributed by atoms with Crippen LogP contribution >= 0.6 is 0 Å². The quantitative estimate of drug-likeness (QED) is 0.636. The van der Waals surface area contributed by atoms with E-state index in [1.807, 2.05) is 13.8 Å². The Morgan fingerprint density at radius 2 is 1.87 bits per heavy atom. The Hall–Kier alpha value is -1.06. The second kappa shape index (κ2) is 7.26. The summed E-state index contributed by atoms with van der Waals surface area (Å²) in [6, 6.07) is 0. The summed E-state index contributed by atoms with van der Waals surface area (Å²) in [7, 11) is 0. The Morgan fingerprint density at radius 1 is 1.27 bits per heavy atom. The lowest BCUT2D eigenvalue weighted by molar-refractivity contribution is -0.154. The average Bonchev–Trinajstić information content (AvgIpc) is 2.21. The van der Waals surface area contributed by atoms with Crippen molar-refractivity contribution in [2.45, 2.75) is 46.6 Å². The molecule has 0 aromatic carbocycles. The molecule has 0 aliphatic heterocycles. The van der Waals surface area contributed by atoms with Crippen LogP contribution in [0.4, 0.5) is 0 Å². The van der Waals surface area contributed by atoms with Gasteiger partial charge in [0.05, 0.1) is 6.61 Å². The molecule has 0 heterocycles. The molecular weight excluding hydrogens is 196 g/mol. The van der Waals surface area contributed by atoms with E-state index in [1.54, 1.807) is 6.92 Å². The van der Waals surface area contributed by atoms with Crippen molar-refractivity contribution in [1.29, 1.82) is 0 Å². The maximum absolute atomic E-state index is 11.1. The van der Waals surface area contributed by atoms with Gasteiger partial charge in [0.25, 0.3) is 0 Å². The van der Waals surface area contributed by atoms with E-state index < -0.39 is 0 Å². The van der Waals surface area contributed by atoms with Crippen molar-refractivity contribution in [3.05, 3.63) is 0 Å². The standard InChI is InChI=1S/C11H20O4/c1-5-10(15-11(13)6-2)8(3)7-14-9(4)12/h8,10H,5-7H2,1-4H3. The molecule has 0 saturated heterocycles. The van der Waals surface area contributed by atoms with Gasteiger partial charge in [-0.15, -0.1) is 0 Å². The summed E-state index contributed by atoms with van der Waals surface area (Å²) in [5, 5.41) is 0. The van der Waals surface area contributed by atoms with E-state index in [4.69, 9.17) is 9.47 Å². The molecule has 0 bridgehead atoms. The largest absolute Gasteiger partial charge is 0.465 e. The van der Waals surface area contributed by atoms with Gasteiger partial charge in [-0.1, -0.05) is 20.8 Å². The smallest absolute Gasteiger partial charge is 0.305 e. The van der Waals surface area contributed by atoms with Crippen molar-refractivity contribution in [3.63, 3.8) is 0 Å². The lowest BCUT2D eigenvalue weighted by atomic mass is 10.0. The van der Waals surface area contributed by atoms with Crippen molar-refractivity contribution in [1.82, 2.24) is 0 Å². The fourth-order valence-corrected chi connectivity index (χ4v) is 1.21. The van der Waals surface area contributed by atoms with Gasteiger partial charge in [-0.05, 0) is 6.42 Å². The van der Waals surface area contributed by atoms with Crippen LogP contribution in [0.25, 0.3) is 0 Å². The Kier molecular flexibility index (Phi) is 6.75. The van der Waals surface area contributed by atoms with Gasteiger partial charge in [-0.25, -0.2) is 0 Å². The zero-order chi connectivity index (χ0) is 11.8. The van der Waals surface area contributed by atoms with Crippen LogP contribution in [-0.4, -0.2) is 24.6 Å². The number of hydrogen-bond acceptors (Lipinski definition) is 4. The third-order valence-electron chi connectivity index (χ3n) is 2.16. The molecule has 0 spiro atoms. The average molecular weight is 216 g/mol. The molecule has 4 heteroatoms. The number of hydrogen-bond donors (Lipinski definition) is 0. The molecule has 0 N–H and O–H groups in total. The Morgan fingerprint density at radius 3 is 2.27 bits per heavy atom. The number of esters is 2.